The van der Waals surface area contributed by atoms with Gasteiger partial charge in [0.05, 0.1) is 7.11 Å². The molecule has 0 unspecified atom stereocenters. The lowest BCUT2D eigenvalue weighted by molar-refractivity contribution is 0.310. The van der Waals surface area contributed by atoms with Gasteiger partial charge in [0.2, 0.25) is 0 Å². The van der Waals surface area contributed by atoms with Crippen molar-refractivity contribution in [3.8, 4) is 5.75 Å². The van der Waals surface area contributed by atoms with E-state index in [1.807, 2.05) is 18.2 Å². The van der Waals surface area contributed by atoms with Crippen LogP contribution in [-0.4, -0.2) is 19.1 Å². The zero-order valence-electron chi connectivity index (χ0n) is 11.3. The summed E-state index contributed by atoms with van der Waals surface area (Å²) < 4.78 is 6.49. The molecule has 2 rings (SSSR count). The molecule has 0 saturated carbocycles. The Labute approximate surface area is 123 Å². The van der Waals surface area contributed by atoms with Crippen LogP contribution in [0.2, 0.25) is 0 Å². The molecule has 0 fully saturated rings. The molecule has 2 nitrogen and oxygen atoms in total. The van der Waals surface area contributed by atoms with Gasteiger partial charge >= 0.3 is 0 Å². The molecule has 0 spiro atoms. The van der Waals surface area contributed by atoms with E-state index in [1.165, 1.54) is 11.1 Å². The number of halogens is 1. The van der Waals surface area contributed by atoms with Gasteiger partial charge in [-0.1, -0.05) is 46.3 Å². The number of hydrogen-bond acceptors (Lipinski definition) is 2. The lowest BCUT2D eigenvalue weighted by Crippen LogP contribution is -2.17. The van der Waals surface area contributed by atoms with E-state index >= 15 is 0 Å². The standard InChI is InChI=1S/C16H18BrNO/c1-18(11-13-7-9-15(17)10-8-13)12-14-5-3-4-6-16(14)19-2/h3-10H,11-12H2,1-2H3. The molecule has 0 aromatic heterocycles. The second kappa shape index (κ2) is 6.73. The predicted octanol–water partition coefficient (Wildman–Crippen LogP) is 4.09. The number of nitrogens with zero attached hydrogens (tertiary/aromatic N) is 1. The van der Waals surface area contributed by atoms with Crippen molar-refractivity contribution in [1.82, 2.24) is 4.90 Å². The summed E-state index contributed by atoms with van der Waals surface area (Å²) in [5.74, 6) is 0.949. The number of methoxy groups -OCH3 is 1. The summed E-state index contributed by atoms with van der Waals surface area (Å²) in [6.45, 7) is 1.80. The summed E-state index contributed by atoms with van der Waals surface area (Å²) >= 11 is 3.45. The fraction of sp³-hybridized carbons (Fsp3) is 0.250. The van der Waals surface area contributed by atoms with Crippen molar-refractivity contribution in [1.29, 1.82) is 0 Å². The SMILES string of the molecule is COc1ccccc1CN(C)Cc1ccc(Br)cc1. The fourth-order valence-electron chi connectivity index (χ4n) is 2.08. The fourth-order valence-corrected chi connectivity index (χ4v) is 2.35. The van der Waals surface area contributed by atoms with E-state index in [4.69, 9.17) is 4.74 Å². The number of hydrogen-bond donors (Lipinski definition) is 0. The molecular formula is C16H18BrNO. The van der Waals surface area contributed by atoms with Gasteiger partial charge in [-0.05, 0) is 30.8 Å². The first-order valence-corrected chi connectivity index (χ1v) is 7.03. The zero-order valence-corrected chi connectivity index (χ0v) is 12.9. The monoisotopic (exact) mass is 319 g/mol. The first-order chi connectivity index (χ1) is 9.19. The third kappa shape index (κ3) is 4.08. The molecule has 0 bridgehead atoms. The van der Waals surface area contributed by atoms with Gasteiger partial charge in [0.1, 0.15) is 5.75 Å². The normalized spacial score (nSPS) is 10.7. The predicted molar refractivity (Wildman–Crippen MR) is 82.3 cm³/mol. The third-order valence-electron chi connectivity index (χ3n) is 3.00. The summed E-state index contributed by atoms with van der Waals surface area (Å²) in [7, 11) is 3.84. The molecule has 0 atom stereocenters. The van der Waals surface area contributed by atoms with Crippen LogP contribution in [0.1, 0.15) is 11.1 Å². The van der Waals surface area contributed by atoms with Crippen molar-refractivity contribution in [3.05, 3.63) is 64.1 Å². The molecule has 0 radical (unpaired) electrons. The van der Waals surface area contributed by atoms with Gasteiger partial charge in [-0.2, -0.15) is 0 Å². The Morgan fingerprint density at radius 1 is 1.00 bits per heavy atom. The summed E-state index contributed by atoms with van der Waals surface area (Å²) in [5, 5.41) is 0. The van der Waals surface area contributed by atoms with E-state index in [0.29, 0.717) is 0 Å². The quantitative estimate of drug-likeness (QED) is 0.823. The molecule has 2 aromatic rings. The minimum Gasteiger partial charge on any atom is -0.496 e. The highest BCUT2D eigenvalue weighted by Crippen LogP contribution is 2.20. The maximum atomic E-state index is 5.38. The molecule has 2 aromatic carbocycles. The Morgan fingerprint density at radius 2 is 1.68 bits per heavy atom. The topological polar surface area (TPSA) is 12.5 Å². The smallest absolute Gasteiger partial charge is 0.123 e. The van der Waals surface area contributed by atoms with Crippen molar-refractivity contribution < 1.29 is 4.74 Å². The zero-order chi connectivity index (χ0) is 13.7. The van der Waals surface area contributed by atoms with Crippen LogP contribution >= 0.6 is 15.9 Å². The van der Waals surface area contributed by atoms with Crippen LogP contribution in [0.4, 0.5) is 0 Å². The average Bonchev–Trinajstić information content (AvgIpc) is 2.42. The van der Waals surface area contributed by atoms with Crippen molar-refractivity contribution in [3.63, 3.8) is 0 Å². The molecule has 3 heteroatoms. The van der Waals surface area contributed by atoms with Gasteiger partial charge in [0, 0.05) is 23.1 Å². The Bertz CT molecular complexity index is 525. The molecule has 0 aliphatic heterocycles. The van der Waals surface area contributed by atoms with E-state index in [0.717, 1.165) is 23.3 Å². The Balaban J connectivity index is 2.01. The van der Waals surface area contributed by atoms with E-state index < -0.39 is 0 Å². The molecule has 0 heterocycles. The largest absolute Gasteiger partial charge is 0.496 e. The molecular weight excluding hydrogens is 302 g/mol. The first kappa shape index (κ1) is 14.1. The average molecular weight is 320 g/mol. The minimum absolute atomic E-state index is 0.875. The highest BCUT2D eigenvalue weighted by Gasteiger charge is 2.06. The van der Waals surface area contributed by atoms with E-state index in [2.05, 4.69) is 58.2 Å². The molecule has 0 saturated heterocycles. The maximum Gasteiger partial charge on any atom is 0.123 e. The number of para-hydroxylation sites is 1. The van der Waals surface area contributed by atoms with Crippen molar-refractivity contribution in [2.24, 2.45) is 0 Å². The second-order valence-electron chi connectivity index (χ2n) is 4.61. The van der Waals surface area contributed by atoms with E-state index in [1.54, 1.807) is 7.11 Å². The van der Waals surface area contributed by atoms with Crippen molar-refractivity contribution >= 4 is 15.9 Å². The van der Waals surface area contributed by atoms with Crippen LogP contribution in [0.15, 0.2) is 53.0 Å². The van der Waals surface area contributed by atoms with Gasteiger partial charge in [-0.3, -0.25) is 4.90 Å². The van der Waals surface area contributed by atoms with Gasteiger partial charge < -0.3 is 4.74 Å². The first-order valence-electron chi connectivity index (χ1n) is 6.24. The Morgan fingerprint density at radius 3 is 2.37 bits per heavy atom. The summed E-state index contributed by atoms with van der Waals surface area (Å²) in [6, 6.07) is 16.6. The van der Waals surface area contributed by atoms with Crippen LogP contribution < -0.4 is 4.74 Å². The highest BCUT2D eigenvalue weighted by molar-refractivity contribution is 9.10. The van der Waals surface area contributed by atoms with Gasteiger partial charge in [-0.15, -0.1) is 0 Å². The molecule has 100 valence electrons. The number of ether oxygens (including phenoxy) is 1. The van der Waals surface area contributed by atoms with Crippen LogP contribution in [0.25, 0.3) is 0 Å². The van der Waals surface area contributed by atoms with Crippen LogP contribution in [0.3, 0.4) is 0 Å². The lowest BCUT2D eigenvalue weighted by atomic mass is 10.1. The highest BCUT2D eigenvalue weighted by atomic mass is 79.9. The van der Waals surface area contributed by atoms with Gasteiger partial charge in [0.25, 0.3) is 0 Å². The third-order valence-corrected chi connectivity index (χ3v) is 3.53. The molecule has 0 N–H and O–H groups in total. The molecule has 0 aliphatic carbocycles. The maximum absolute atomic E-state index is 5.38. The Kier molecular flexibility index (Phi) is 5.00. The van der Waals surface area contributed by atoms with Crippen LogP contribution in [0, 0.1) is 0 Å². The van der Waals surface area contributed by atoms with Crippen molar-refractivity contribution in [2.45, 2.75) is 13.1 Å². The van der Waals surface area contributed by atoms with Crippen LogP contribution in [0.5, 0.6) is 5.75 Å². The van der Waals surface area contributed by atoms with E-state index in [9.17, 15) is 0 Å². The summed E-state index contributed by atoms with van der Waals surface area (Å²) in [6.07, 6.45) is 0. The molecule has 19 heavy (non-hydrogen) atoms. The van der Waals surface area contributed by atoms with Crippen LogP contribution in [-0.2, 0) is 13.1 Å². The number of benzene rings is 2. The number of rotatable bonds is 5. The second-order valence-corrected chi connectivity index (χ2v) is 5.53. The van der Waals surface area contributed by atoms with Gasteiger partial charge in [0.15, 0.2) is 0 Å². The lowest BCUT2D eigenvalue weighted by Gasteiger charge is -2.18. The van der Waals surface area contributed by atoms with Gasteiger partial charge in [-0.25, -0.2) is 0 Å². The summed E-state index contributed by atoms with van der Waals surface area (Å²) in [4.78, 5) is 2.28. The van der Waals surface area contributed by atoms with Crippen molar-refractivity contribution in [2.75, 3.05) is 14.2 Å². The minimum atomic E-state index is 0.875. The molecule has 0 amide bonds. The summed E-state index contributed by atoms with van der Waals surface area (Å²) in [5.41, 5.74) is 2.52. The Hall–Kier alpha value is -1.32. The van der Waals surface area contributed by atoms with E-state index in [-0.39, 0.29) is 0 Å². The molecule has 0 aliphatic rings.